The molecule has 0 radical (unpaired) electrons. The molecule has 3 fully saturated rings. The van der Waals surface area contributed by atoms with Crippen LogP contribution in [0.5, 0.6) is 0 Å². The molecule has 108 valence electrons. The van der Waals surface area contributed by atoms with Crippen LogP contribution in [-0.4, -0.2) is 41.3 Å². The number of esters is 1. The second kappa shape index (κ2) is 3.93. The average molecular weight is 278 g/mol. The summed E-state index contributed by atoms with van der Waals surface area (Å²) in [6.45, 7) is 5.87. The van der Waals surface area contributed by atoms with E-state index in [1.807, 2.05) is 13.0 Å². The molecule has 0 saturated carbocycles. The highest BCUT2D eigenvalue weighted by molar-refractivity contribution is 5.91. The van der Waals surface area contributed by atoms with Crippen molar-refractivity contribution in [3.63, 3.8) is 0 Å². The van der Waals surface area contributed by atoms with Crippen molar-refractivity contribution in [2.45, 2.75) is 56.4 Å². The molecule has 20 heavy (non-hydrogen) atoms. The zero-order chi connectivity index (χ0) is 14.1. The first-order chi connectivity index (χ1) is 9.51. The highest BCUT2D eigenvalue weighted by atomic mass is 16.7. The van der Waals surface area contributed by atoms with Crippen molar-refractivity contribution in [1.29, 1.82) is 0 Å². The lowest BCUT2D eigenvalue weighted by Crippen LogP contribution is -2.29. The molecule has 1 aliphatic carbocycles. The van der Waals surface area contributed by atoms with Gasteiger partial charge in [-0.15, -0.1) is 0 Å². The van der Waals surface area contributed by atoms with Crippen molar-refractivity contribution in [3.05, 3.63) is 23.8 Å². The number of allylic oxidation sites excluding steroid dienone is 1. The second-order valence-electron chi connectivity index (χ2n) is 6.27. The zero-order valence-corrected chi connectivity index (χ0v) is 11.4. The van der Waals surface area contributed by atoms with Gasteiger partial charge in [0.05, 0.1) is 18.1 Å². The number of rotatable bonds is 0. The van der Waals surface area contributed by atoms with E-state index in [1.54, 1.807) is 0 Å². The predicted octanol–water partition coefficient (Wildman–Crippen LogP) is 1.07. The third kappa shape index (κ3) is 1.57. The number of ether oxygens (including phenoxy) is 3. The molecule has 5 nitrogen and oxygen atoms in total. The summed E-state index contributed by atoms with van der Waals surface area (Å²) in [5.74, 6) is -0.593. The van der Waals surface area contributed by atoms with E-state index in [9.17, 15) is 9.90 Å². The molecule has 2 bridgehead atoms. The Morgan fingerprint density at radius 2 is 2.30 bits per heavy atom. The van der Waals surface area contributed by atoms with Gasteiger partial charge < -0.3 is 19.3 Å². The quantitative estimate of drug-likeness (QED) is 0.311. The van der Waals surface area contributed by atoms with Crippen LogP contribution in [0.3, 0.4) is 0 Å². The van der Waals surface area contributed by atoms with E-state index in [-0.39, 0.29) is 30.2 Å². The van der Waals surface area contributed by atoms with Crippen LogP contribution < -0.4 is 0 Å². The highest BCUT2D eigenvalue weighted by Gasteiger charge is 2.68. The molecule has 0 aromatic heterocycles. The Morgan fingerprint density at radius 3 is 3.10 bits per heavy atom. The van der Waals surface area contributed by atoms with Crippen molar-refractivity contribution >= 4 is 5.97 Å². The van der Waals surface area contributed by atoms with Crippen LogP contribution in [0.25, 0.3) is 0 Å². The lowest BCUT2D eigenvalue weighted by molar-refractivity contribution is -0.139. The van der Waals surface area contributed by atoms with Crippen molar-refractivity contribution in [1.82, 2.24) is 0 Å². The Bertz CT molecular complexity index is 524. The second-order valence-corrected chi connectivity index (χ2v) is 6.27. The van der Waals surface area contributed by atoms with Gasteiger partial charge in [0.25, 0.3) is 0 Å². The van der Waals surface area contributed by atoms with Gasteiger partial charge in [-0.3, -0.25) is 0 Å². The van der Waals surface area contributed by atoms with Crippen LogP contribution in [0.2, 0.25) is 0 Å². The fraction of sp³-hybridized carbons (Fsp3) is 0.667. The van der Waals surface area contributed by atoms with Gasteiger partial charge in [-0.05, 0) is 25.8 Å². The van der Waals surface area contributed by atoms with E-state index < -0.39 is 11.9 Å². The standard InChI is InChI=1S/C15H18O5/c1-7-3-4-11-15(20-11)6-10(19-14(15)17)12-8(2)13(16)18-9(12)5-7/h5,9-12,14,17H,2-4,6H2,1H3/b7-5-/t9-,10-,11-,12+,14+,15-/m1/s1. The first-order valence-electron chi connectivity index (χ1n) is 7.10. The number of hydrogen-bond donors (Lipinski definition) is 1. The zero-order valence-electron chi connectivity index (χ0n) is 11.4. The fourth-order valence-corrected chi connectivity index (χ4v) is 3.79. The molecule has 5 heteroatoms. The molecular weight excluding hydrogens is 260 g/mol. The van der Waals surface area contributed by atoms with Crippen molar-refractivity contribution in [2.75, 3.05) is 0 Å². The van der Waals surface area contributed by atoms with Gasteiger partial charge >= 0.3 is 5.97 Å². The topological polar surface area (TPSA) is 68.3 Å². The van der Waals surface area contributed by atoms with Gasteiger partial charge in [0, 0.05) is 12.0 Å². The van der Waals surface area contributed by atoms with Gasteiger partial charge in [0.2, 0.25) is 0 Å². The lowest BCUT2D eigenvalue weighted by atomic mass is 9.84. The third-order valence-corrected chi connectivity index (χ3v) is 5.00. The molecule has 3 saturated heterocycles. The maximum Gasteiger partial charge on any atom is 0.334 e. The van der Waals surface area contributed by atoms with Gasteiger partial charge in [-0.25, -0.2) is 4.79 Å². The Morgan fingerprint density at radius 1 is 1.50 bits per heavy atom. The number of epoxide rings is 1. The number of aliphatic hydroxyl groups is 1. The van der Waals surface area contributed by atoms with Gasteiger partial charge in [-0.1, -0.05) is 12.2 Å². The summed E-state index contributed by atoms with van der Waals surface area (Å²) < 4.78 is 16.8. The van der Waals surface area contributed by atoms with Gasteiger partial charge in [0.15, 0.2) is 6.29 Å². The van der Waals surface area contributed by atoms with Crippen LogP contribution in [0, 0.1) is 5.92 Å². The van der Waals surface area contributed by atoms with E-state index in [4.69, 9.17) is 14.2 Å². The summed E-state index contributed by atoms with van der Waals surface area (Å²) in [6.07, 6.45) is 2.85. The number of hydrogen-bond acceptors (Lipinski definition) is 5. The molecule has 3 aliphatic heterocycles. The van der Waals surface area contributed by atoms with Gasteiger partial charge in [-0.2, -0.15) is 0 Å². The molecule has 0 aromatic rings. The summed E-state index contributed by atoms with van der Waals surface area (Å²) in [6, 6.07) is 0. The molecule has 0 aromatic carbocycles. The fourth-order valence-electron chi connectivity index (χ4n) is 3.79. The van der Waals surface area contributed by atoms with Crippen molar-refractivity contribution in [3.8, 4) is 0 Å². The molecule has 1 N–H and O–H groups in total. The number of carbonyl (C=O) groups excluding carboxylic acids is 1. The SMILES string of the molecule is C=C1C(=O)O[C@@H]2/C=C(/C)CC[C@H]3O[C@]34C[C@@H](O[C@@H]4O)[C@@H]12. The first-order valence-corrected chi connectivity index (χ1v) is 7.10. The number of carbonyl (C=O) groups is 1. The molecule has 6 atom stereocenters. The van der Waals surface area contributed by atoms with E-state index in [0.717, 1.165) is 12.8 Å². The predicted molar refractivity (Wildman–Crippen MR) is 68.6 cm³/mol. The minimum atomic E-state index is -0.917. The smallest absolute Gasteiger partial charge is 0.334 e. The Kier molecular flexibility index (Phi) is 2.47. The Hall–Kier alpha value is -1.17. The number of aliphatic hydroxyl groups excluding tert-OH is 1. The van der Waals surface area contributed by atoms with Crippen LogP contribution in [0.15, 0.2) is 23.8 Å². The monoisotopic (exact) mass is 278 g/mol. The summed E-state index contributed by atoms with van der Waals surface area (Å²) >= 11 is 0. The van der Waals surface area contributed by atoms with E-state index >= 15 is 0 Å². The summed E-state index contributed by atoms with van der Waals surface area (Å²) in [4.78, 5) is 11.8. The van der Waals surface area contributed by atoms with Crippen LogP contribution >= 0.6 is 0 Å². The average Bonchev–Trinajstić information content (AvgIpc) is 2.90. The maximum atomic E-state index is 11.8. The minimum Gasteiger partial charge on any atom is -0.454 e. The molecule has 1 spiro atoms. The lowest BCUT2D eigenvalue weighted by Gasteiger charge is -2.21. The van der Waals surface area contributed by atoms with E-state index in [1.165, 1.54) is 5.57 Å². The van der Waals surface area contributed by atoms with Crippen LogP contribution in [0.1, 0.15) is 26.2 Å². The van der Waals surface area contributed by atoms with Crippen LogP contribution in [-0.2, 0) is 19.0 Å². The third-order valence-electron chi connectivity index (χ3n) is 5.00. The van der Waals surface area contributed by atoms with Crippen molar-refractivity contribution < 1.29 is 24.1 Å². The summed E-state index contributed by atoms with van der Waals surface area (Å²) in [5, 5.41) is 10.2. The highest BCUT2D eigenvalue weighted by Crippen LogP contribution is 2.54. The molecule has 0 unspecified atom stereocenters. The number of fused-ring (bicyclic) bond motifs is 3. The Labute approximate surface area is 117 Å². The Balaban J connectivity index is 1.73. The maximum absolute atomic E-state index is 11.8. The largest absolute Gasteiger partial charge is 0.454 e. The van der Waals surface area contributed by atoms with Crippen molar-refractivity contribution in [2.24, 2.45) is 5.92 Å². The molecule has 3 heterocycles. The summed E-state index contributed by atoms with van der Waals surface area (Å²) in [7, 11) is 0. The van der Waals surface area contributed by atoms with Gasteiger partial charge in [0.1, 0.15) is 11.7 Å². The molecule has 4 aliphatic rings. The first kappa shape index (κ1) is 12.6. The molecule has 4 rings (SSSR count). The molecule has 0 amide bonds. The van der Waals surface area contributed by atoms with E-state index in [2.05, 4.69) is 6.58 Å². The van der Waals surface area contributed by atoms with E-state index in [0.29, 0.717) is 12.0 Å². The summed E-state index contributed by atoms with van der Waals surface area (Å²) in [5.41, 5.74) is 1.04. The normalized spacial score (nSPS) is 52.7. The molecular formula is C15H18O5. The van der Waals surface area contributed by atoms with Crippen LogP contribution in [0.4, 0.5) is 0 Å². The minimum absolute atomic E-state index is 0.0497.